The Bertz CT molecular complexity index is 1230. The number of ether oxygens (including phenoxy) is 1. The van der Waals surface area contributed by atoms with Crippen LogP contribution >= 0.6 is 0 Å². The Balaban J connectivity index is 1.47. The molecule has 2 aromatic carbocycles. The molecular weight excluding hydrogens is 471 g/mol. The van der Waals surface area contributed by atoms with Crippen LogP contribution in [0.1, 0.15) is 0 Å². The summed E-state index contributed by atoms with van der Waals surface area (Å²) in [5.41, 5.74) is 1.51. The van der Waals surface area contributed by atoms with Crippen LogP contribution in [-0.4, -0.2) is 63.1 Å². The molecule has 1 N–H and O–H groups in total. The molecule has 180 valence electrons. The summed E-state index contributed by atoms with van der Waals surface area (Å²) >= 11 is 0. The summed E-state index contributed by atoms with van der Waals surface area (Å²) in [6.45, 7) is 3.63. The normalized spacial score (nSPS) is 15.2. The van der Waals surface area contributed by atoms with Crippen molar-refractivity contribution >= 4 is 21.5 Å². The highest BCUT2D eigenvalue weighted by molar-refractivity contribution is 7.92. The van der Waals surface area contributed by atoms with Crippen LogP contribution in [0.2, 0.25) is 0 Å². The third-order valence-electron chi connectivity index (χ3n) is 5.26. The summed E-state index contributed by atoms with van der Waals surface area (Å²) in [5, 5.41) is 8.61. The minimum Gasteiger partial charge on any atom is -0.406 e. The van der Waals surface area contributed by atoms with Gasteiger partial charge in [0, 0.05) is 37.4 Å². The molecule has 0 radical (unpaired) electrons. The van der Waals surface area contributed by atoms with E-state index >= 15 is 0 Å². The SMILES string of the molecule is CN1CCN(c2ccc(-c3cccc(NS(=O)(=O)c4ccc(OC(F)(F)F)cc4)c3)nn2)CC1. The molecule has 0 unspecified atom stereocenters. The third kappa shape index (κ3) is 5.94. The van der Waals surface area contributed by atoms with Gasteiger partial charge in [-0.3, -0.25) is 4.72 Å². The molecule has 4 rings (SSSR count). The van der Waals surface area contributed by atoms with Crippen LogP contribution in [0.15, 0.2) is 65.6 Å². The second-order valence-corrected chi connectivity index (χ2v) is 9.46. The number of hydrogen-bond donors (Lipinski definition) is 1. The number of halogens is 3. The summed E-state index contributed by atoms with van der Waals surface area (Å²) in [6.07, 6.45) is -4.86. The monoisotopic (exact) mass is 493 g/mol. The van der Waals surface area contributed by atoms with Gasteiger partial charge in [0.1, 0.15) is 5.75 Å². The average molecular weight is 494 g/mol. The van der Waals surface area contributed by atoms with Crippen LogP contribution in [0.5, 0.6) is 5.75 Å². The molecule has 1 aliphatic heterocycles. The number of benzene rings is 2. The van der Waals surface area contributed by atoms with Crippen LogP contribution in [0.3, 0.4) is 0 Å². The molecule has 1 fully saturated rings. The molecule has 12 heteroatoms. The zero-order valence-corrected chi connectivity index (χ0v) is 19.0. The topological polar surface area (TPSA) is 87.7 Å². The van der Waals surface area contributed by atoms with Gasteiger partial charge >= 0.3 is 6.36 Å². The molecule has 0 atom stereocenters. The zero-order chi connectivity index (χ0) is 24.3. The van der Waals surface area contributed by atoms with Crippen molar-refractivity contribution in [3.05, 3.63) is 60.7 Å². The van der Waals surface area contributed by atoms with Crippen LogP contribution in [0.25, 0.3) is 11.3 Å². The van der Waals surface area contributed by atoms with E-state index in [4.69, 9.17) is 0 Å². The van der Waals surface area contributed by atoms with E-state index in [1.165, 1.54) is 0 Å². The number of hydrogen-bond acceptors (Lipinski definition) is 7. The van der Waals surface area contributed by atoms with Crippen LogP contribution < -0.4 is 14.4 Å². The Hall–Kier alpha value is -3.38. The highest BCUT2D eigenvalue weighted by Crippen LogP contribution is 2.26. The Labute approximate surface area is 195 Å². The molecule has 1 aromatic heterocycles. The van der Waals surface area contributed by atoms with Crippen molar-refractivity contribution in [2.45, 2.75) is 11.3 Å². The van der Waals surface area contributed by atoms with Crippen molar-refractivity contribution in [1.29, 1.82) is 0 Å². The number of anilines is 2. The maximum Gasteiger partial charge on any atom is 0.573 e. The van der Waals surface area contributed by atoms with Crippen LogP contribution in [-0.2, 0) is 10.0 Å². The van der Waals surface area contributed by atoms with Gasteiger partial charge in [0.25, 0.3) is 10.0 Å². The largest absolute Gasteiger partial charge is 0.573 e. The zero-order valence-electron chi connectivity index (χ0n) is 18.2. The lowest BCUT2D eigenvalue weighted by Crippen LogP contribution is -2.44. The number of aromatic nitrogens is 2. The van der Waals surface area contributed by atoms with Gasteiger partial charge < -0.3 is 14.5 Å². The fourth-order valence-electron chi connectivity index (χ4n) is 3.46. The van der Waals surface area contributed by atoms with Gasteiger partial charge in [-0.15, -0.1) is 23.4 Å². The number of alkyl halides is 3. The first-order valence-corrected chi connectivity index (χ1v) is 11.8. The second kappa shape index (κ2) is 9.47. The maximum atomic E-state index is 12.7. The lowest BCUT2D eigenvalue weighted by atomic mass is 10.1. The number of piperazine rings is 1. The van der Waals surface area contributed by atoms with Gasteiger partial charge in [0.15, 0.2) is 5.82 Å². The van der Waals surface area contributed by atoms with Crippen molar-refractivity contribution in [2.75, 3.05) is 42.8 Å². The van der Waals surface area contributed by atoms with Crippen LogP contribution in [0.4, 0.5) is 24.7 Å². The molecule has 0 saturated carbocycles. The molecule has 34 heavy (non-hydrogen) atoms. The second-order valence-electron chi connectivity index (χ2n) is 7.77. The first-order chi connectivity index (χ1) is 16.1. The lowest BCUT2D eigenvalue weighted by Gasteiger charge is -2.32. The molecule has 0 aliphatic carbocycles. The molecule has 0 bridgehead atoms. The summed E-state index contributed by atoms with van der Waals surface area (Å²) in [5.74, 6) is 0.277. The van der Waals surface area contributed by atoms with Gasteiger partial charge in [0.2, 0.25) is 0 Å². The number of likely N-dealkylation sites (N-methyl/N-ethyl adjacent to an activating group) is 1. The number of nitrogens with zero attached hydrogens (tertiary/aromatic N) is 4. The first-order valence-electron chi connectivity index (χ1n) is 10.4. The Kier molecular flexibility index (Phi) is 6.62. The first kappa shape index (κ1) is 23.8. The van der Waals surface area contributed by atoms with E-state index in [0.717, 1.165) is 56.3 Å². The average Bonchev–Trinajstić information content (AvgIpc) is 2.79. The fourth-order valence-corrected chi connectivity index (χ4v) is 4.51. The molecule has 8 nitrogen and oxygen atoms in total. The van der Waals surface area contributed by atoms with E-state index in [2.05, 4.69) is 36.5 Å². The van der Waals surface area contributed by atoms with E-state index in [0.29, 0.717) is 11.3 Å². The molecule has 2 heterocycles. The van der Waals surface area contributed by atoms with Crippen LogP contribution in [0, 0.1) is 0 Å². The van der Waals surface area contributed by atoms with Gasteiger partial charge in [-0.1, -0.05) is 12.1 Å². The minimum absolute atomic E-state index is 0.205. The predicted molar refractivity (Wildman–Crippen MR) is 121 cm³/mol. The third-order valence-corrected chi connectivity index (χ3v) is 6.65. The van der Waals surface area contributed by atoms with Gasteiger partial charge in [-0.2, -0.15) is 0 Å². The molecule has 3 aromatic rings. The quantitative estimate of drug-likeness (QED) is 0.562. The highest BCUT2D eigenvalue weighted by atomic mass is 32.2. The Morgan fingerprint density at radius 3 is 2.26 bits per heavy atom. The smallest absolute Gasteiger partial charge is 0.406 e. The Morgan fingerprint density at radius 1 is 0.941 bits per heavy atom. The van der Waals surface area contributed by atoms with Crippen molar-refractivity contribution in [1.82, 2.24) is 15.1 Å². The minimum atomic E-state index is -4.86. The standard InChI is InChI=1S/C22H22F3N5O3S/c1-29-11-13-30(14-12-29)21-10-9-20(26-27-21)16-3-2-4-17(15-16)28-34(31,32)19-7-5-18(6-8-19)33-22(23,24)25/h2-10,15,28H,11-14H2,1H3. The molecule has 0 amide bonds. The van der Waals surface area contributed by atoms with Crippen molar-refractivity contribution in [3.63, 3.8) is 0 Å². The number of rotatable bonds is 6. The predicted octanol–water partition coefficient (Wildman–Crippen LogP) is 3.59. The molecule has 1 saturated heterocycles. The maximum absolute atomic E-state index is 12.7. The van der Waals surface area contributed by atoms with Crippen molar-refractivity contribution < 1.29 is 26.3 Å². The van der Waals surface area contributed by atoms with E-state index in [-0.39, 0.29) is 10.6 Å². The highest BCUT2D eigenvalue weighted by Gasteiger charge is 2.31. The lowest BCUT2D eigenvalue weighted by molar-refractivity contribution is -0.274. The molecular formula is C22H22F3N5O3S. The Morgan fingerprint density at radius 2 is 1.65 bits per heavy atom. The van der Waals surface area contributed by atoms with Crippen molar-refractivity contribution in [3.8, 4) is 17.0 Å². The molecule has 0 spiro atoms. The summed E-state index contributed by atoms with van der Waals surface area (Å²) < 4.78 is 68.5. The number of nitrogens with one attached hydrogen (secondary N) is 1. The van der Waals surface area contributed by atoms with E-state index < -0.39 is 22.1 Å². The van der Waals surface area contributed by atoms with Gasteiger partial charge in [0.05, 0.1) is 10.6 Å². The van der Waals surface area contributed by atoms with E-state index in [1.807, 2.05) is 12.1 Å². The summed E-state index contributed by atoms with van der Waals surface area (Å²) in [6, 6.07) is 14.3. The summed E-state index contributed by atoms with van der Waals surface area (Å²) in [4.78, 5) is 4.20. The van der Waals surface area contributed by atoms with Gasteiger partial charge in [-0.05, 0) is 55.6 Å². The fraction of sp³-hybridized carbons (Fsp3) is 0.273. The van der Waals surface area contributed by atoms with E-state index in [9.17, 15) is 21.6 Å². The number of sulfonamides is 1. The molecule has 1 aliphatic rings. The summed E-state index contributed by atoms with van der Waals surface area (Å²) in [7, 11) is -1.96. The van der Waals surface area contributed by atoms with Crippen molar-refractivity contribution in [2.24, 2.45) is 0 Å². The van der Waals surface area contributed by atoms with E-state index in [1.54, 1.807) is 24.3 Å². The van der Waals surface area contributed by atoms with Gasteiger partial charge in [-0.25, -0.2) is 8.42 Å².